The highest BCUT2D eigenvalue weighted by molar-refractivity contribution is 5.66. The molecular weight excluding hydrogens is 244 g/mol. The summed E-state index contributed by atoms with van der Waals surface area (Å²) < 4.78 is 10.5. The molecule has 0 radical (unpaired) electrons. The van der Waals surface area contributed by atoms with Gasteiger partial charge in [-0.3, -0.25) is 4.79 Å². The minimum absolute atomic E-state index is 0.325. The lowest BCUT2D eigenvalue weighted by Crippen LogP contribution is -2.02. The molecule has 1 aliphatic heterocycles. The van der Waals surface area contributed by atoms with Gasteiger partial charge in [-0.2, -0.15) is 0 Å². The van der Waals surface area contributed by atoms with Crippen molar-refractivity contribution in [1.29, 1.82) is 0 Å². The lowest BCUT2D eigenvalue weighted by Gasteiger charge is -2.03. The first-order chi connectivity index (χ1) is 9.29. The lowest BCUT2D eigenvalue weighted by molar-refractivity contribution is -0.137. The second kappa shape index (κ2) is 11.2. The monoisotopic (exact) mass is 272 g/mol. The van der Waals surface area contributed by atoms with E-state index < -0.39 is 5.97 Å². The molecule has 0 aromatic carbocycles. The molecule has 0 aliphatic carbocycles. The van der Waals surface area contributed by atoms with E-state index in [1.165, 1.54) is 38.5 Å². The first-order valence-electron chi connectivity index (χ1n) is 7.70. The SMILES string of the molecule is O=C(O)CCCCCCCCCCCOCC1CO1. The Morgan fingerprint density at radius 1 is 1.00 bits per heavy atom. The number of unbranched alkanes of at least 4 members (excludes halogenated alkanes) is 8. The number of aliphatic carboxylic acids is 1. The zero-order chi connectivity index (χ0) is 13.8. The van der Waals surface area contributed by atoms with Crippen molar-refractivity contribution < 1.29 is 19.4 Å². The van der Waals surface area contributed by atoms with Crippen LogP contribution in [0.5, 0.6) is 0 Å². The van der Waals surface area contributed by atoms with Crippen LogP contribution in [0.15, 0.2) is 0 Å². The first-order valence-corrected chi connectivity index (χ1v) is 7.70. The maximum absolute atomic E-state index is 10.3. The van der Waals surface area contributed by atoms with E-state index in [9.17, 15) is 4.79 Å². The smallest absolute Gasteiger partial charge is 0.303 e. The van der Waals surface area contributed by atoms with E-state index in [-0.39, 0.29) is 0 Å². The molecule has 0 aromatic rings. The number of hydrogen-bond donors (Lipinski definition) is 1. The molecule has 0 spiro atoms. The molecule has 4 heteroatoms. The van der Waals surface area contributed by atoms with Crippen LogP contribution in [0, 0.1) is 0 Å². The van der Waals surface area contributed by atoms with Gasteiger partial charge in [0, 0.05) is 13.0 Å². The second-order valence-corrected chi connectivity index (χ2v) is 5.36. The molecule has 0 aromatic heterocycles. The van der Waals surface area contributed by atoms with Crippen LogP contribution < -0.4 is 0 Å². The standard InChI is InChI=1S/C15H28O4/c16-15(17)10-8-6-4-2-1-3-5-7-9-11-18-12-14-13-19-14/h14H,1-13H2,(H,16,17). The first kappa shape index (κ1) is 16.4. The van der Waals surface area contributed by atoms with Crippen molar-refractivity contribution in [1.82, 2.24) is 0 Å². The number of epoxide rings is 1. The highest BCUT2D eigenvalue weighted by atomic mass is 16.6. The number of hydrogen-bond acceptors (Lipinski definition) is 3. The van der Waals surface area contributed by atoms with Gasteiger partial charge in [-0.15, -0.1) is 0 Å². The number of carboxylic acid groups (broad SMARTS) is 1. The van der Waals surface area contributed by atoms with Crippen LogP contribution in [0.3, 0.4) is 0 Å². The van der Waals surface area contributed by atoms with Crippen LogP contribution in [-0.4, -0.2) is 37.0 Å². The van der Waals surface area contributed by atoms with Gasteiger partial charge in [0.25, 0.3) is 0 Å². The summed E-state index contributed by atoms with van der Waals surface area (Å²) in [6.07, 6.45) is 11.3. The summed E-state index contributed by atoms with van der Waals surface area (Å²) in [6, 6.07) is 0. The van der Waals surface area contributed by atoms with Crippen molar-refractivity contribution in [2.24, 2.45) is 0 Å². The Morgan fingerprint density at radius 2 is 1.53 bits per heavy atom. The average molecular weight is 272 g/mol. The van der Waals surface area contributed by atoms with Crippen LogP contribution in [0.4, 0.5) is 0 Å². The van der Waals surface area contributed by atoms with E-state index in [1.54, 1.807) is 0 Å². The van der Waals surface area contributed by atoms with E-state index in [2.05, 4.69) is 0 Å². The molecule has 1 aliphatic rings. The number of rotatable bonds is 14. The molecule has 1 N–H and O–H groups in total. The second-order valence-electron chi connectivity index (χ2n) is 5.36. The predicted octanol–water partition coefficient (Wildman–Crippen LogP) is 3.39. The van der Waals surface area contributed by atoms with E-state index >= 15 is 0 Å². The van der Waals surface area contributed by atoms with Crippen molar-refractivity contribution >= 4 is 5.97 Å². The summed E-state index contributed by atoms with van der Waals surface area (Å²) in [6.45, 7) is 2.53. The van der Waals surface area contributed by atoms with Crippen molar-refractivity contribution in [2.75, 3.05) is 19.8 Å². The maximum atomic E-state index is 10.3. The zero-order valence-corrected chi connectivity index (χ0v) is 11.9. The van der Waals surface area contributed by atoms with Gasteiger partial charge < -0.3 is 14.6 Å². The maximum Gasteiger partial charge on any atom is 0.303 e. The third-order valence-electron chi connectivity index (χ3n) is 3.39. The van der Waals surface area contributed by atoms with Crippen LogP contribution >= 0.6 is 0 Å². The largest absolute Gasteiger partial charge is 0.481 e. The van der Waals surface area contributed by atoms with Crippen molar-refractivity contribution in [3.05, 3.63) is 0 Å². The van der Waals surface area contributed by atoms with Crippen LogP contribution in [0.2, 0.25) is 0 Å². The molecule has 0 saturated carbocycles. The molecule has 112 valence electrons. The van der Waals surface area contributed by atoms with Crippen LogP contribution in [0.1, 0.15) is 64.2 Å². The fourth-order valence-corrected chi connectivity index (χ4v) is 2.10. The molecule has 0 amide bonds. The Bertz CT molecular complexity index is 226. The topological polar surface area (TPSA) is 59.1 Å². The van der Waals surface area contributed by atoms with E-state index in [0.717, 1.165) is 39.1 Å². The summed E-state index contributed by atoms with van der Waals surface area (Å²) in [7, 11) is 0. The van der Waals surface area contributed by atoms with Crippen LogP contribution in [-0.2, 0) is 14.3 Å². The normalized spacial score (nSPS) is 17.6. The third kappa shape index (κ3) is 12.2. The van der Waals surface area contributed by atoms with Gasteiger partial charge in [0.05, 0.1) is 13.2 Å². The molecule has 1 rings (SSSR count). The summed E-state index contributed by atoms with van der Waals surface area (Å²) in [5, 5.41) is 8.49. The number of carboxylic acids is 1. The van der Waals surface area contributed by atoms with Gasteiger partial charge in [0.2, 0.25) is 0 Å². The average Bonchev–Trinajstić information content (AvgIpc) is 3.18. The van der Waals surface area contributed by atoms with E-state index in [1.807, 2.05) is 0 Å². The molecule has 19 heavy (non-hydrogen) atoms. The Hall–Kier alpha value is -0.610. The van der Waals surface area contributed by atoms with Crippen molar-refractivity contribution in [2.45, 2.75) is 70.3 Å². The molecule has 1 fully saturated rings. The van der Waals surface area contributed by atoms with Gasteiger partial charge >= 0.3 is 5.97 Å². The Kier molecular flexibility index (Phi) is 9.72. The summed E-state index contributed by atoms with van der Waals surface area (Å²) in [5.41, 5.74) is 0. The molecule has 0 bridgehead atoms. The Morgan fingerprint density at radius 3 is 2.05 bits per heavy atom. The van der Waals surface area contributed by atoms with Crippen LogP contribution in [0.25, 0.3) is 0 Å². The predicted molar refractivity (Wildman–Crippen MR) is 74.4 cm³/mol. The number of ether oxygens (including phenoxy) is 2. The van der Waals surface area contributed by atoms with Gasteiger partial charge in [-0.1, -0.05) is 44.9 Å². The highest BCUT2D eigenvalue weighted by Gasteiger charge is 2.21. The molecular formula is C15H28O4. The minimum atomic E-state index is -0.671. The van der Waals surface area contributed by atoms with E-state index in [4.69, 9.17) is 14.6 Å². The van der Waals surface area contributed by atoms with Gasteiger partial charge in [-0.25, -0.2) is 0 Å². The fraction of sp³-hybridized carbons (Fsp3) is 0.933. The molecule has 1 atom stereocenters. The van der Waals surface area contributed by atoms with Gasteiger partial charge in [0.1, 0.15) is 6.10 Å². The minimum Gasteiger partial charge on any atom is -0.481 e. The molecule has 1 heterocycles. The fourth-order valence-electron chi connectivity index (χ4n) is 2.10. The van der Waals surface area contributed by atoms with Gasteiger partial charge in [0.15, 0.2) is 0 Å². The highest BCUT2D eigenvalue weighted by Crippen LogP contribution is 2.11. The zero-order valence-electron chi connectivity index (χ0n) is 11.9. The molecule has 1 unspecified atom stereocenters. The Labute approximate surface area is 116 Å². The van der Waals surface area contributed by atoms with Crippen molar-refractivity contribution in [3.8, 4) is 0 Å². The third-order valence-corrected chi connectivity index (χ3v) is 3.39. The quantitative estimate of drug-likeness (QED) is 0.389. The molecule has 4 nitrogen and oxygen atoms in total. The van der Waals surface area contributed by atoms with E-state index in [0.29, 0.717) is 12.5 Å². The Balaban J connectivity index is 1.63. The summed E-state index contributed by atoms with van der Waals surface area (Å²) in [5.74, 6) is -0.671. The lowest BCUT2D eigenvalue weighted by atomic mass is 10.1. The van der Waals surface area contributed by atoms with Crippen molar-refractivity contribution in [3.63, 3.8) is 0 Å². The summed E-state index contributed by atoms with van der Waals surface area (Å²) in [4.78, 5) is 10.3. The number of carbonyl (C=O) groups is 1. The molecule has 1 saturated heterocycles. The van der Waals surface area contributed by atoms with Gasteiger partial charge in [-0.05, 0) is 12.8 Å². The summed E-state index contributed by atoms with van der Waals surface area (Å²) >= 11 is 0.